The van der Waals surface area contributed by atoms with Crippen LogP contribution in [0.2, 0.25) is 0 Å². The molecule has 0 radical (unpaired) electrons. The molecule has 2 heterocycles. The van der Waals surface area contributed by atoms with Gasteiger partial charge in [0.15, 0.2) is 0 Å². The van der Waals surface area contributed by atoms with Crippen molar-refractivity contribution in [2.75, 3.05) is 0 Å². The van der Waals surface area contributed by atoms with Crippen LogP contribution in [0.4, 0.5) is 0 Å². The van der Waals surface area contributed by atoms with Gasteiger partial charge in [0, 0.05) is 29.1 Å². The lowest BCUT2D eigenvalue weighted by atomic mass is 10.0. The fourth-order valence-corrected chi connectivity index (χ4v) is 1.93. The van der Waals surface area contributed by atoms with E-state index in [2.05, 4.69) is 16.2 Å². The molecule has 0 aliphatic carbocycles. The second-order valence-corrected chi connectivity index (χ2v) is 3.95. The summed E-state index contributed by atoms with van der Waals surface area (Å²) in [5.74, 6) is 0.821. The molecule has 0 fully saturated rings. The molecule has 1 N–H and O–H groups in total. The average Bonchev–Trinajstić information content (AvgIpc) is 3.00. The zero-order valence-electron chi connectivity index (χ0n) is 9.47. The molecule has 1 aromatic carbocycles. The van der Waals surface area contributed by atoms with Crippen LogP contribution < -0.4 is 0 Å². The molecule has 3 nitrogen and oxygen atoms in total. The van der Waals surface area contributed by atoms with Crippen LogP contribution in [-0.2, 0) is 0 Å². The molecule has 84 valence electrons. The zero-order chi connectivity index (χ0) is 11.7. The van der Waals surface area contributed by atoms with Gasteiger partial charge in [0.2, 0.25) is 0 Å². The van der Waals surface area contributed by atoms with Crippen molar-refractivity contribution in [2.45, 2.75) is 6.92 Å². The molecule has 3 aromatic rings. The van der Waals surface area contributed by atoms with E-state index >= 15 is 0 Å². The normalized spacial score (nSPS) is 10.6. The lowest BCUT2D eigenvalue weighted by Gasteiger charge is -2.04. The van der Waals surface area contributed by atoms with E-state index in [0.29, 0.717) is 0 Å². The van der Waals surface area contributed by atoms with Crippen LogP contribution in [0.15, 0.2) is 53.2 Å². The van der Waals surface area contributed by atoms with Gasteiger partial charge in [-0.05, 0) is 19.1 Å². The maximum absolute atomic E-state index is 5.13. The molecular formula is C14H12N2O. The number of hydrogen-bond donors (Lipinski definition) is 1. The van der Waals surface area contributed by atoms with E-state index in [4.69, 9.17) is 4.52 Å². The second-order valence-electron chi connectivity index (χ2n) is 3.95. The summed E-state index contributed by atoms with van der Waals surface area (Å²) in [6, 6.07) is 14.1. The summed E-state index contributed by atoms with van der Waals surface area (Å²) < 4.78 is 5.13. The van der Waals surface area contributed by atoms with E-state index in [0.717, 1.165) is 28.3 Å². The molecule has 0 amide bonds. The van der Waals surface area contributed by atoms with Crippen molar-refractivity contribution < 1.29 is 4.52 Å². The largest absolute Gasteiger partial charge is 0.361 e. The molecule has 0 saturated carbocycles. The van der Waals surface area contributed by atoms with Crippen molar-refractivity contribution in [1.82, 2.24) is 10.1 Å². The molecule has 3 rings (SSSR count). The maximum atomic E-state index is 5.13. The number of hydrogen-bond acceptors (Lipinski definition) is 2. The lowest BCUT2D eigenvalue weighted by Crippen LogP contribution is -1.84. The van der Waals surface area contributed by atoms with Crippen molar-refractivity contribution in [1.29, 1.82) is 0 Å². The second kappa shape index (κ2) is 3.94. The molecule has 0 spiro atoms. The highest BCUT2D eigenvalue weighted by atomic mass is 16.5. The third-order valence-electron chi connectivity index (χ3n) is 2.72. The minimum absolute atomic E-state index is 0.821. The number of aryl methyl sites for hydroxylation is 1. The molecule has 0 saturated heterocycles. The van der Waals surface area contributed by atoms with Gasteiger partial charge in [-0.1, -0.05) is 29.4 Å². The first-order chi connectivity index (χ1) is 8.34. The van der Waals surface area contributed by atoms with Gasteiger partial charge in [-0.25, -0.2) is 0 Å². The maximum Gasteiger partial charge on any atom is 0.134 e. The smallest absolute Gasteiger partial charge is 0.134 e. The SMILES string of the molecule is Cc1cc(-c2ccccc2-c2ccc[nH]2)no1. The van der Waals surface area contributed by atoms with Crippen molar-refractivity contribution in [3.05, 3.63) is 54.4 Å². The Labute approximate surface area is 99.1 Å². The fraction of sp³-hybridized carbons (Fsp3) is 0.0714. The van der Waals surface area contributed by atoms with E-state index in [-0.39, 0.29) is 0 Å². The Bertz CT molecular complexity index is 623. The van der Waals surface area contributed by atoms with Crippen molar-refractivity contribution in [2.24, 2.45) is 0 Å². The minimum atomic E-state index is 0.821. The monoisotopic (exact) mass is 224 g/mol. The molecule has 0 aliphatic heterocycles. The van der Waals surface area contributed by atoms with Crippen LogP contribution >= 0.6 is 0 Å². The van der Waals surface area contributed by atoms with Crippen molar-refractivity contribution in [3.63, 3.8) is 0 Å². The van der Waals surface area contributed by atoms with Crippen LogP contribution in [0, 0.1) is 6.92 Å². The van der Waals surface area contributed by atoms with E-state index < -0.39 is 0 Å². The molecule has 3 heteroatoms. The summed E-state index contributed by atoms with van der Waals surface area (Å²) in [5.41, 5.74) is 4.16. The highest BCUT2D eigenvalue weighted by Gasteiger charge is 2.10. The fourth-order valence-electron chi connectivity index (χ4n) is 1.93. The van der Waals surface area contributed by atoms with Gasteiger partial charge in [0.1, 0.15) is 11.5 Å². The standard InChI is InChI=1S/C14H12N2O/c1-10-9-14(16-17-10)12-6-3-2-5-11(12)13-7-4-8-15-13/h2-9,15H,1H3. The van der Waals surface area contributed by atoms with E-state index in [9.17, 15) is 0 Å². The summed E-state index contributed by atoms with van der Waals surface area (Å²) in [6.45, 7) is 1.90. The van der Waals surface area contributed by atoms with Gasteiger partial charge in [0.25, 0.3) is 0 Å². The van der Waals surface area contributed by atoms with E-state index in [1.165, 1.54) is 0 Å². The topological polar surface area (TPSA) is 41.8 Å². The Balaban J connectivity index is 2.17. The summed E-state index contributed by atoms with van der Waals surface area (Å²) in [4.78, 5) is 3.21. The average molecular weight is 224 g/mol. The van der Waals surface area contributed by atoms with Gasteiger partial charge in [-0.2, -0.15) is 0 Å². The van der Waals surface area contributed by atoms with Gasteiger partial charge >= 0.3 is 0 Å². The van der Waals surface area contributed by atoms with Crippen LogP contribution in [0.5, 0.6) is 0 Å². The van der Waals surface area contributed by atoms with Crippen molar-refractivity contribution in [3.8, 4) is 22.5 Å². The van der Waals surface area contributed by atoms with Gasteiger partial charge in [-0.3, -0.25) is 0 Å². The Morgan fingerprint density at radius 3 is 2.53 bits per heavy atom. The first-order valence-electron chi connectivity index (χ1n) is 5.51. The molecule has 2 aromatic heterocycles. The summed E-state index contributed by atoms with van der Waals surface area (Å²) in [7, 11) is 0. The third kappa shape index (κ3) is 1.76. The highest BCUT2D eigenvalue weighted by molar-refractivity contribution is 5.80. The van der Waals surface area contributed by atoms with Crippen LogP contribution in [0.1, 0.15) is 5.76 Å². The van der Waals surface area contributed by atoms with Gasteiger partial charge in [-0.15, -0.1) is 0 Å². The Morgan fingerprint density at radius 1 is 1.06 bits per heavy atom. The Morgan fingerprint density at radius 2 is 1.88 bits per heavy atom. The summed E-state index contributed by atoms with van der Waals surface area (Å²) in [5, 5.41) is 4.07. The first-order valence-corrected chi connectivity index (χ1v) is 5.51. The number of H-pyrrole nitrogens is 1. The number of aromatic amines is 1. The molecule has 0 bridgehead atoms. The number of benzene rings is 1. The van der Waals surface area contributed by atoms with Gasteiger partial charge in [0.05, 0.1) is 0 Å². The highest BCUT2D eigenvalue weighted by Crippen LogP contribution is 2.30. The predicted molar refractivity (Wildman–Crippen MR) is 66.5 cm³/mol. The van der Waals surface area contributed by atoms with Crippen LogP contribution in [-0.4, -0.2) is 10.1 Å². The zero-order valence-corrected chi connectivity index (χ0v) is 9.47. The Hall–Kier alpha value is -2.29. The molecule has 0 aliphatic rings. The lowest BCUT2D eigenvalue weighted by molar-refractivity contribution is 0.399. The first kappa shape index (κ1) is 9.90. The van der Waals surface area contributed by atoms with Crippen LogP contribution in [0.25, 0.3) is 22.5 Å². The quantitative estimate of drug-likeness (QED) is 0.722. The number of nitrogens with one attached hydrogen (secondary N) is 1. The van der Waals surface area contributed by atoms with E-state index in [1.54, 1.807) is 0 Å². The molecule has 0 atom stereocenters. The van der Waals surface area contributed by atoms with Crippen molar-refractivity contribution >= 4 is 0 Å². The number of nitrogens with zero attached hydrogens (tertiary/aromatic N) is 1. The minimum Gasteiger partial charge on any atom is -0.361 e. The third-order valence-corrected chi connectivity index (χ3v) is 2.72. The number of rotatable bonds is 2. The molecule has 17 heavy (non-hydrogen) atoms. The molecular weight excluding hydrogens is 212 g/mol. The van der Waals surface area contributed by atoms with E-state index in [1.807, 2.05) is 49.5 Å². The summed E-state index contributed by atoms with van der Waals surface area (Å²) in [6.07, 6.45) is 1.92. The van der Waals surface area contributed by atoms with Gasteiger partial charge < -0.3 is 9.51 Å². The predicted octanol–water partition coefficient (Wildman–Crippen LogP) is 3.65. The Kier molecular flexibility index (Phi) is 2.29. The van der Waals surface area contributed by atoms with Crippen LogP contribution in [0.3, 0.4) is 0 Å². The number of aromatic nitrogens is 2. The summed E-state index contributed by atoms with van der Waals surface area (Å²) >= 11 is 0. The molecule has 0 unspecified atom stereocenters.